The van der Waals surface area contributed by atoms with Crippen molar-refractivity contribution in [1.82, 2.24) is 5.32 Å². The number of hydrogen-bond acceptors (Lipinski definition) is 4. The standard InChI is InChI=1S/C23H30NO6P/c1-17(2)15-20(23(26)27)24-22(25)21(16-19-11-7-4-8-12-19)30-31(28,29)14-13-18-9-5-3-6-10-18/h3-12,17,20-21H,13-16H2,1-2H3,(H,24,25)(H,26,27)(H,28,29)/t20-,21-/m0/s1. The van der Waals surface area contributed by atoms with Crippen LogP contribution in [0.1, 0.15) is 31.4 Å². The molecule has 0 aliphatic rings. The van der Waals surface area contributed by atoms with Crippen molar-refractivity contribution in [3.05, 3.63) is 71.8 Å². The first kappa shape index (κ1) is 24.8. The zero-order valence-electron chi connectivity index (χ0n) is 17.8. The topological polar surface area (TPSA) is 113 Å². The first-order chi connectivity index (χ1) is 14.7. The molecule has 2 aromatic carbocycles. The minimum absolute atomic E-state index is 0.0460. The summed E-state index contributed by atoms with van der Waals surface area (Å²) in [5.41, 5.74) is 1.62. The molecular formula is C23H30NO6P. The second kappa shape index (κ2) is 11.8. The quantitative estimate of drug-likeness (QED) is 0.428. The first-order valence-corrected chi connectivity index (χ1v) is 12.0. The number of amides is 1. The van der Waals surface area contributed by atoms with Gasteiger partial charge in [-0.3, -0.25) is 13.9 Å². The molecule has 0 aliphatic heterocycles. The van der Waals surface area contributed by atoms with Gasteiger partial charge in [0.15, 0.2) is 0 Å². The van der Waals surface area contributed by atoms with Crippen molar-refractivity contribution >= 4 is 19.5 Å². The van der Waals surface area contributed by atoms with E-state index in [9.17, 15) is 24.2 Å². The number of carbonyl (C=O) groups excluding carboxylic acids is 1. The van der Waals surface area contributed by atoms with Crippen molar-refractivity contribution in [2.75, 3.05) is 6.16 Å². The minimum Gasteiger partial charge on any atom is -0.480 e. The van der Waals surface area contributed by atoms with E-state index in [1.807, 2.05) is 50.2 Å². The van der Waals surface area contributed by atoms with E-state index in [2.05, 4.69) is 5.32 Å². The lowest BCUT2D eigenvalue weighted by Crippen LogP contribution is -2.47. The molecule has 0 heterocycles. The molecular weight excluding hydrogens is 417 g/mol. The van der Waals surface area contributed by atoms with E-state index in [-0.39, 0.29) is 24.9 Å². The van der Waals surface area contributed by atoms with E-state index in [4.69, 9.17) is 4.52 Å². The van der Waals surface area contributed by atoms with Crippen molar-refractivity contribution in [2.24, 2.45) is 5.92 Å². The fraction of sp³-hybridized carbons (Fsp3) is 0.391. The highest BCUT2D eigenvalue weighted by Gasteiger charge is 2.32. The van der Waals surface area contributed by atoms with Crippen LogP contribution in [0.15, 0.2) is 60.7 Å². The van der Waals surface area contributed by atoms with Gasteiger partial charge in [0, 0.05) is 6.42 Å². The largest absolute Gasteiger partial charge is 0.480 e. The third kappa shape index (κ3) is 9.05. The number of carboxylic acid groups (broad SMARTS) is 1. The molecule has 2 aromatic rings. The van der Waals surface area contributed by atoms with E-state index < -0.39 is 31.6 Å². The van der Waals surface area contributed by atoms with Gasteiger partial charge < -0.3 is 15.3 Å². The Morgan fingerprint density at radius 2 is 1.55 bits per heavy atom. The molecule has 8 heteroatoms. The Morgan fingerprint density at radius 3 is 2.06 bits per heavy atom. The summed E-state index contributed by atoms with van der Waals surface area (Å²) in [5, 5.41) is 11.9. The molecule has 0 fully saturated rings. The summed E-state index contributed by atoms with van der Waals surface area (Å²) >= 11 is 0. The lowest BCUT2D eigenvalue weighted by atomic mass is 10.0. The molecule has 0 bridgehead atoms. The molecule has 2 rings (SSSR count). The molecule has 7 nitrogen and oxygen atoms in total. The second-order valence-electron chi connectivity index (χ2n) is 7.91. The molecule has 0 aromatic heterocycles. The highest BCUT2D eigenvalue weighted by molar-refractivity contribution is 7.52. The number of aryl methyl sites for hydroxylation is 1. The predicted molar refractivity (Wildman–Crippen MR) is 119 cm³/mol. The van der Waals surface area contributed by atoms with Crippen LogP contribution in [0.2, 0.25) is 0 Å². The number of aliphatic carboxylic acids is 1. The summed E-state index contributed by atoms with van der Waals surface area (Å²) < 4.78 is 18.1. The SMILES string of the molecule is CC(C)C[C@H](NC(=O)[C@H](Cc1ccccc1)OP(=O)(O)CCc1ccccc1)C(=O)O. The maximum absolute atomic E-state index is 12.9. The van der Waals surface area contributed by atoms with Crippen molar-refractivity contribution in [3.63, 3.8) is 0 Å². The van der Waals surface area contributed by atoms with Crippen molar-refractivity contribution in [3.8, 4) is 0 Å². The average Bonchev–Trinajstić information content (AvgIpc) is 2.72. The van der Waals surface area contributed by atoms with Crippen LogP contribution in [0.4, 0.5) is 0 Å². The van der Waals surface area contributed by atoms with E-state index in [1.165, 1.54) is 0 Å². The number of hydrogen-bond donors (Lipinski definition) is 3. The van der Waals surface area contributed by atoms with E-state index >= 15 is 0 Å². The molecule has 0 saturated heterocycles. The normalized spacial score (nSPS) is 15.1. The summed E-state index contributed by atoms with van der Waals surface area (Å²) in [6.45, 7) is 3.71. The highest BCUT2D eigenvalue weighted by Crippen LogP contribution is 2.44. The molecule has 0 aliphatic carbocycles. The first-order valence-electron chi connectivity index (χ1n) is 10.3. The van der Waals surface area contributed by atoms with Crippen LogP contribution >= 0.6 is 7.60 Å². The predicted octanol–water partition coefficient (Wildman–Crippen LogP) is 3.66. The van der Waals surface area contributed by atoms with Gasteiger partial charge in [0.2, 0.25) is 0 Å². The van der Waals surface area contributed by atoms with Gasteiger partial charge in [0.05, 0.1) is 6.16 Å². The Kier molecular flexibility index (Phi) is 9.44. The third-order valence-electron chi connectivity index (χ3n) is 4.70. The molecule has 1 unspecified atom stereocenters. The molecule has 1 amide bonds. The third-order valence-corrected chi connectivity index (χ3v) is 6.07. The zero-order valence-corrected chi connectivity index (χ0v) is 18.7. The lowest BCUT2D eigenvalue weighted by molar-refractivity contribution is -0.143. The van der Waals surface area contributed by atoms with Gasteiger partial charge in [-0.1, -0.05) is 74.5 Å². The summed E-state index contributed by atoms with van der Waals surface area (Å²) in [7, 11) is -4.11. The molecule has 0 spiro atoms. The van der Waals surface area contributed by atoms with Gasteiger partial charge in [0.25, 0.3) is 5.91 Å². The molecule has 3 atom stereocenters. The van der Waals surface area contributed by atoms with Crippen LogP contribution in [0.3, 0.4) is 0 Å². The van der Waals surface area contributed by atoms with Crippen molar-refractivity contribution in [1.29, 1.82) is 0 Å². The Hall–Kier alpha value is -2.47. The molecule has 0 radical (unpaired) electrons. The summed E-state index contributed by atoms with van der Waals surface area (Å²) in [6.07, 6.45) is -0.827. The van der Waals surface area contributed by atoms with Crippen LogP contribution in [0.5, 0.6) is 0 Å². The summed E-state index contributed by atoms with van der Waals surface area (Å²) in [5.74, 6) is -1.83. The van der Waals surface area contributed by atoms with E-state index in [0.717, 1.165) is 11.1 Å². The number of benzene rings is 2. The molecule has 3 N–H and O–H groups in total. The zero-order chi connectivity index (χ0) is 22.9. The van der Waals surface area contributed by atoms with Gasteiger partial charge in [-0.2, -0.15) is 0 Å². The molecule has 31 heavy (non-hydrogen) atoms. The average molecular weight is 447 g/mol. The van der Waals surface area contributed by atoms with E-state index in [0.29, 0.717) is 6.42 Å². The minimum atomic E-state index is -4.11. The number of nitrogens with one attached hydrogen (secondary N) is 1. The maximum Gasteiger partial charge on any atom is 0.329 e. The Balaban J connectivity index is 2.13. The molecule has 0 saturated carbocycles. The highest BCUT2D eigenvalue weighted by atomic mass is 31.2. The number of rotatable bonds is 12. The van der Waals surface area contributed by atoms with Crippen LogP contribution in [0.25, 0.3) is 0 Å². The fourth-order valence-corrected chi connectivity index (χ4v) is 4.34. The van der Waals surface area contributed by atoms with Gasteiger partial charge in [-0.25, -0.2) is 4.79 Å². The van der Waals surface area contributed by atoms with Crippen molar-refractivity contribution < 1.29 is 28.7 Å². The van der Waals surface area contributed by atoms with Crippen molar-refractivity contribution in [2.45, 2.75) is 45.3 Å². The number of carboxylic acids is 1. The lowest BCUT2D eigenvalue weighted by Gasteiger charge is -2.24. The van der Waals surface area contributed by atoms with Gasteiger partial charge in [0.1, 0.15) is 12.1 Å². The van der Waals surface area contributed by atoms with Crippen LogP contribution < -0.4 is 5.32 Å². The fourth-order valence-electron chi connectivity index (χ4n) is 3.13. The van der Waals surface area contributed by atoms with Crippen LogP contribution in [-0.2, 0) is 31.5 Å². The summed E-state index contributed by atoms with van der Waals surface area (Å²) in [4.78, 5) is 34.8. The Morgan fingerprint density at radius 1 is 1.00 bits per heavy atom. The maximum atomic E-state index is 12.9. The smallest absolute Gasteiger partial charge is 0.329 e. The van der Waals surface area contributed by atoms with Gasteiger partial charge in [-0.15, -0.1) is 0 Å². The van der Waals surface area contributed by atoms with Gasteiger partial charge in [-0.05, 0) is 29.9 Å². The van der Waals surface area contributed by atoms with Crippen LogP contribution in [0, 0.1) is 5.92 Å². The molecule has 168 valence electrons. The Bertz CT molecular complexity index is 887. The number of carbonyl (C=O) groups is 2. The summed E-state index contributed by atoms with van der Waals surface area (Å²) in [6, 6.07) is 17.1. The van der Waals surface area contributed by atoms with Gasteiger partial charge >= 0.3 is 13.6 Å². The monoisotopic (exact) mass is 447 g/mol. The van der Waals surface area contributed by atoms with Crippen LogP contribution in [-0.4, -0.2) is 40.2 Å². The Labute approximate surface area is 183 Å². The van der Waals surface area contributed by atoms with E-state index in [1.54, 1.807) is 24.3 Å². The second-order valence-corrected chi connectivity index (χ2v) is 9.84.